The molecule has 0 fully saturated rings. The number of carboxylic acids is 1. The van der Waals surface area contributed by atoms with Gasteiger partial charge in [0.05, 0.1) is 29.1 Å². The minimum absolute atomic E-state index is 0.0852. The van der Waals surface area contributed by atoms with Crippen LogP contribution in [0, 0.1) is 0 Å². The van der Waals surface area contributed by atoms with Crippen LogP contribution in [0.5, 0.6) is 0 Å². The molecule has 1 N–H and O–H groups in total. The van der Waals surface area contributed by atoms with E-state index in [0.29, 0.717) is 12.2 Å². The number of nitrogens with zero attached hydrogens (tertiary/aromatic N) is 4. The van der Waals surface area contributed by atoms with Crippen LogP contribution in [0.1, 0.15) is 21.2 Å². The van der Waals surface area contributed by atoms with E-state index in [0.717, 1.165) is 15.2 Å². The first-order valence-electron chi connectivity index (χ1n) is 6.18. The number of carbonyl (C=O) groups is 1. The summed E-state index contributed by atoms with van der Waals surface area (Å²) in [5, 5.41) is 17.5. The zero-order valence-corrected chi connectivity index (χ0v) is 12.0. The standard InChI is InChI=1S/C13H12N4O3S/c1-20-7-9-12(13(18)19)15-16-17(9)6-11-14-8-4-2-3-5-10(8)21-11/h2-5H,6-7H2,1H3,(H,18,19). The summed E-state index contributed by atoms with van der Waals surface area (Å²) in [6.45, 7) is 0.512. The first-order chi connectivity index (χ1) is 10.2. The Labute approximate surface area is 123 Å². The number of methoxy groups -OCH3 is 1. The molecule has 0 saturated carbocycles. The molecule has 0 atom stereocenters. The van der Waals surface area contributed by atoms with Gasteiger partial charge in [-0.1, -0.05) is 17.3 Å². The molecule has 0 aliphatic rings. The zero-order chi connectivity index (χ0) is 14.8. The molecule has 0 aliphatic heterocycles. The van der Waals surface area contributed by atoms with E-state index in [-0.39, 0.29) is 12.3 Å². The minimum atomic E-state index is -1.11. The summed E-state index contributed by atoms with van der Waals surface area (Å²) >= 11 is 1.55. The van der Waals surface area contributed by atoms with Gasteiger partial charge in [-0.3, -0.25) is 0 Å². The van der Waals surface area contributed by atoms with Crippen molar-refractivity contribution >= 4 is 27.5 Å². The SMILES string of the molecule is COCc1c(C(=O)O)nnn1Cc1nc2ccccc2s1. The number of ether oxygens (including phenoxy) is 1. The number of rotatable bonds is 5. The topological polar surface area (TPSA) is 90.1 Å². The van der Waals surface area contributed by atoms with Crippen molar-refractivity contribution in [2.75, 3.05) is 7.11 Å². The highest BCUT2D eigenvalue weighted by atomic mass is 32.1. The number of para-hydroxylation sites is 1. The predicted molar refractivity (Wildman–Crippen MR) is 76.4 cm³/mol. The third kappa shape index (κ3) is 2.63. The molecule has 108 valence electrons. The van der Waals surface area contributed by atoms with Crippen LogP contribution in [-0.4, -0.2) is 38.2 Å². The van der Waals surface area contributed by atoms with Gasteiger partial charge in [-0.15, -0.1) is 16.4 Å². The van der Waals surface area contributed by atoms with Gasteiger partial charge >= 0.3 is 5.97 Å². The van der Waals surface area contributed by atoms with Crippen molar-refractivity contribution in [1.82, 2.24) is 20.0 Å². The van der Waals surface area contributed by atoms with Gasteiger partial charge in [0.25, 0.3) is 0 Å². The van der Waals surface area contributed by atoms with Crippen molar-refractivity contribution in [3.8, 4) is 0 Å². The third-order valence-electron chi connectivity index (χ3n) is 2.94. The predicted octanol–water partition coefficient (Wildman–Crippen LogP) is 1.78. The smallest absolute Gasteiger partial charge is 0.358 e. The fourth-order valence-corrected chi connectivity index (χ4v) is 2.97. The normalized spacial score (nSPS) is 11.1. The summed E-state index contributed by atoms with van der Waals surface area (Å²) in [6, 6.07) is 7.82. The molecule has 21 heavy (non-hydrogen) atoms. The molecule has 0 radical (unpaired) electrons. The number of carboxylic acid groups (broad SMARTS) is 1. The molecule has 8 heteroatoms. The first-order valence-corrected chi connectivity index (χ1v) is 6.99. The average Bonchev–Trinajstić information content (AvgIpc) is 3.03. The molecule has 1 aromatic carbocycles. The highest BCUT2D eigenvalue weighted by Crippen LogP contribution is 2.22. The van der Waals surface area contributed by atoms with Crippen molar-refractivity contribution in [1.29, 1.82) is 0 Å². The molecule has 0 bridgehead atoms. The van der Waals surface area contributed by atoms with Crippen LogP contribution in [0.2, 0.25) is 0 Å². The summed E-state index contributed by atoms with van der Waals surface area (Å²) in [5.41, 5.74) is 1.27. The van der Waals surface area contributed by atoms with Gasteiger partial charge in [0.2, 0.25) is 0 Å². The van der Waals surface area contributed by atoms with E-state index in [9.17, 15) is 4.79 Å². The quantitative estimate of drug-likeness (QED) is 0.772. The summed E-state index contributed by atoms with van der Waals surface area (Å²) in [5.74, 6) is -1.11. The maximum atomic E-state index is 11.1. The van der Waals surface area contributed by atoms with E-state index in [4.69, 9.17) is 9.84 Å². The fourth-order valence-electron chi connectivity index (χ4n) is 2.02. The van der Waals surface area contributed by atoms with Crippen LogP contribution in [0.25, 0.3) is 10.2 Å². The van der Waals surface area contributed by atoms with Crippen molar-refractivity contribution in [3.05, 3.63) is 40.7 Å². The average molecular weight is 304 g/mol. The van der Waals surface area contributed by atoms with Crippen molar-refractivity contribution in [2.45, 2.75) is 13.2 Å². The Kier molecular flexibility index (Phi) is 3.63. The maximum absolute atomic E-state index is 11.1. The molecule has 2 heterocycles. The fraction of sp³-hybridized carbons (Fsp3) is 0.231. The highest BCUT2D eigenvalue weighted by molar-refractivity contribution is 7.18. The molecule has 0 unspecified atom stereocenters. The Morgan fingerprint density at radius 1 is 1.43 bits per heavy atom. The largest absolute Gasteiger partial charge is 0.476 e. The summed E-state index contributed by atoms with van der Waals surface area (Å²) in [4.78, 5) is 15.6. The monoisotopic (exact) mass is 304 g/mol. The van der Waals surface area contributed by atoms with E-state index in [1.807, 2.05) is 24.3 Å². The van der Waals surface area contributed by atoms with Gasteiger partial charge in [0.15, 0.2) is 5.69 Å². The van der Waals surface area contributed by atoms with E-state index in [1.165, 1.54) is 11.8 Å². The Morgan fingerprint density at radius 3 is 2.95 bits per heavy atom. The van der Waals surface area contributed by atoms with Crippen LogP contribution in [0.15, 0.2) is 24.3 Å². The van der Waals surface area contributed by atoms with E-state index in [1.54, 1.807) is 11.3 Å². The number of fused-ring (bicyclic) bond motifs is 1. The lowest BCUT2D eigenvalue weighted by Crippen LogP contribution is -2.10. The molecular weight excluding hydrogens is 292 g/mol. The second kappa shape index (κ2) is 5.58. The van der Waals surface area contributed by atoms with Gasteiger partial charge < -0.3 is 9.84 Å². The van der Waals surface area contributed by atoms with Crippen molar-refractivity contribution in [2.24, 2.45) is 0 Å². The molecule has 0 spiro atoms. The van der Waals surface area contributed by atoms with Gasteiger partial charge in [-0.25, -0.2) is 14.5 Å². The molecular formula is C13H12N4O3S. The van der Waals surface area contributed by atoms with Crippen LogP contribution < -0.4 is 0 Å². The van der Waals surface area contributed by atoms with E-state index in [2.05, 4.69) is 15.3 Å². The second-order valence-corrected chi connectivity index (χ2v) is 5.47. The summed E-state index contributed by atoms with van der Waals surface area (Å²) < 4.78 is 7.63. The number of aromatic carboxylic acids is 1. The lowest BCUT2D eigenvalue weighted by atomic mass is 10.3. The number of hydrogen-bond donors (Lipinski definition) is 1. The van der Waals surface area contributed by atoms with Gasteiger partial charge in [0.1, 0.15) is 5.01 Å². The van der Waals surface area contributed by atoms with E-state index < -0.39 is 5.97 Å². The molecule has 3 aromatic rings. The molecule has 0 aliphatic carbocycles. The molecule has 2 aromatic heterocycles. The Hall–Kier alpha value is -2.32. The Morgan fingerprint density at radius 2 is 2.24 bits per heavy atom. The van der Waals surface area contributed by atoms with Gasteiger partial charge in [-0.05, 0) is 12.1 Å². The second-order valence-electron chi connectivity index (χ2n) is 4.36. The van der Waals surface area contributed by atoms with Crippen molar-refractivity contribution < 1.29 is 14.6 Å². The van der Waals surface area contributed by atoms with Crippen LogP contribution in [0.4, 0.5) is 0 Å². The zero-order valence-electron chi connectivity index (χ0n) is 11.2. The molecule has 3 rings (SSSR count). The van der Waals surface area contributed by atoms with Crippen LogP contribution in [-0.2, 0) is 17.9 Å². The van der Waals surface area contributed by atoms with Crippen LogP contribution in [0.3, 0.4) is 0 Å². The highest BCUT2D eigenvalue weighted by Gasteiger charge is 2.19. The molecule has 0 saturated heterocycles. The number of benzene rings is 1. The lowest BCUT2D eigenvalue weighted by Gasteiger charge is -2.03. The minimum Gasteiger partial charge on any atom is -0.476 e. The Bertz CT molecular complexity index is 763. The Balaban J connectivity index is 1.95. The number of thiazole rings is 1. The lowest BCUT2D eigenvalue weighted by molar-refractivity contribution is 0.0684. The van der Waals surface area contributed by atoms with Gasteiger partial charge in [0, 0.05) is 7.11 Å². The number of hydrogen-bond acceptors (Lipinski definition) is 6. The van der Waals surface area contributed by atoms with Crippen molar-refractivity contribution in [3.63, 3.8) is 0 Å². The first kappa shape index (κ1) is 13.7. The summed E-state index contributed by atoms with van der Waals surface area (Å²) in [7, 11) is 1.50. The number of aromatic nitrogens is 4. The molecule has 0 amide bonds. The maximum Gasteiger partial charge on any atom is 0.358 e. The summed E-state index contributed by atoms with van der Waals surface area (Å²) in [6.07, 6.45) is 0. The van der Waals surface area contributed by atoms with Gasteiger partial charge in [-0.2, -0.15) is 0 Å². The third-order valence-corrected chi connectivity index (χ3v) is 3.97. The molecule has 7 nitrogen and oxygen atoms in total. The van der Waals surface area contributed by atoms with E-state index >= 15 is 0 Å². The van der Waals surface area contributed by atoms with Crippen LogP contribution >= 0.6 is 11.3 Å².